The number of esters is 1. The number of carbonyl (C=O) groups is 1. The van der Waals surface area contributed by atoms with Gasteiger partial charge in [0, 0.05) is 6.20 Å². The van der Waals surface area contributed by atoms with E-state index in [1.165, 1.54) is 7.11 Å². The number of fused-ring (bicyclic) bond motifs is 1. The number of hydrogen-bond acceptors (Lipinski definition) is 6. The van der Waals surface area contributed by atoms with E-state index < -0.39 is 5.97 Å². The van der Waals surface area contributed by atoms with Gasteiger partial charge in [0.1, 0.15) is 10.8 Å². The normalized spacial score (nSPS) is 10.8. The van der Waals surface area contributed by atoms with E-state index in [9.17, 15) is 4.79 Å². The van der Waals surface area contributed by atoms with Crippen LogP contribution in [-0.2, 0) is 4.74 Å². The summed E-state index contributed by atoms with van der Waals surface area (Å²) in [7, 11) is 1.24. The predicted molar refractivity (Wildman–Crippen MR) is 77.0 cm³/mol. The molecule has 0 aliphatic carbocycles. The van der Waals surface area contributed by atoms with Gasteiger partial charge in [-0.15, -0.1) is 0 Å². The summed E-state index contributed by atoms with van der Waals surface area (Å²) in [6.45, 7) is 0. The third-order valence-corrected chi connectivity index (χ3v) is 3.27. The Morgan fingerprint density at radius 2 is 2.19 bits per heavy atom. The van der Waals surface area contributed by atoms with Crippen LogP contribution in [0.3, 0.4) is 0 Å². The highest BCUT2D eigenvalue weighted by Gasteiger charge is 2.20. The largest absolute Gasteiger partial charge is 0.464 e. The fraction of sp³-hybridized carbons (Fsp3) is 0.0769. The third-order valence-electron chi connectivity index (χ3n) is 2.89. The molecule has 0 spiro atoms. The number of aromatic nitrogens is 4. The van der Waals surface area contributed by atoms with Crippen molar-refractivity contribution in [2.24, 2.45) is 0 Å². The minimum absolute atomic E-state index is 0.00486. The standard InChI is InChI=1S/C13H10ClN5O2/c1-21-13(20)9-8(14)10(15)18-11(17-9)12-16-6-7-4-2-3-5-19(7)12/h2-6H,1H3,(H2,15,17,18). The van der Waals surface area contributed by atoms with Gasteiger partial charge in [0.15, 0.2) is 17.3 Å². The molecule has 0 fully saturated rings. The number of rotatable bonds is 2. The zero-order valence-corrected chi connectivity index (χ0v) is 11.7. The van der Waals surface area contributed by atoms with E-state index in [0.717, 1.165) is 5.52 Å². The van der Waals surface area contributed by atoms with Crippen LogP contribution in [-0.4, -0.2) is 32.4 Å². The SMILES string of the molecule is COC(=O)c1nc(-c2ncc3ccccn23)nc(N)c1Cl. The Labute approximate surface area is 124 Å². The molecule has 0 aliphatic rings. The van der Waals surface area contributed by atoms with Gasteiger partial charge in [-0.2, -0.15) is 0 Å². The van der Waals surface area contributed by atoms with Crippen molar-refractivity contribution in [3.05, 3.63) is 41.3 Å². The number of nitrogens with zero attached hydrogens (tertiary/aromatic N) is 4. The molecule has 21 heavy (non-hydrogen) atoms. The molecule has 0 radical (unpaired) electrons. The molecule has 0 aromatic carbocycles. The predicted octanol–water partition coefficient (Wildman–Crippen LogP) is 1.81. The van der Waals surface area contributed by atoms with Gasteiger partial charge < -0.3 is 10.5 Å². The van der Waals surface area contributed by atoms with E-state index in [4.69, 9.17) is 17.3 Å². The van der Waals surface area contributed by atoms with Gasteiger partial charge in [-0.1, -0.05) is 17.7 Å². The number of pyridine rings is 1. The highest BCUT2D eigenvalue weighted by molar-refractivity contribution is 6.35. The van der Waals surface area contributed by atoms with E-state index in [0.29, 0.717) is 5.82 Å². The summed E-state index contributed by atoms with van der Waals surface area (Å²) in [5.41, 5.74) is 6.51. The van der Waals surface area contributed by atoms with E-state index in [1.807, 2.05) is 24.4 Å². The van der Waals surface area contributed by atoms with Gasteiger partial charge in [-0.25, -0.2) is 19.7 Å². The van der Waals surface area contributed by atoms with Crippen LogP contribution in [0, 0.1) is 0 Å². The maximum atomic E-state index is 11.7. The van der Waals surface area contributed by atoms with Crippen LogP contribution in [0.5, 0.6) is 0 Å². The second-order valence-corrected chi connectivity index (χ2v) is 4.54. The Bertz CT molecular complexity index is 846. The average Bonchev–Trinajstić information content (AvgIpc) is 2.93. The van der Waals surface area contributed by atoms with E-state index in [1.54, 1.807) is 10.6 Å². The lowest BCUT2D eigenvalue weighted by Crippen LogP contribution is -2.10. The molecule has 0 amide bonds. The molecule has 7 nitrogen and oxygen atoms in total. The molecule has 106 valence electrons. The summed E-state index contributed by atoms with van der Waals surface area (Å²) < 4.78 is 6.42. The van der Waals surface area contributed by atoms with Gasteiger partial charge in [0.05, 0.1) is 18.8 Å². The first kappa shape index (κ1) is 13.3. The van der Waals surface area contributed by atoms with Crippen molar-refractivity contribution in [3.63, 3.8) is 0 Å². The molecule has 0 bridgehead atoms. The summed E-state index contributed by atoms with van der Waals surface area (Å²) >= 11 is 5.94. The third kappa shape index (κ3) is 2.17. The van der Waals surface area contributed by atoms with Gasteiger partial charge >= 0.3 is 5.97 Å². The molecule has 0 atom stereocenters. The number of ether oxygens (including phenoxy) is 1. The minimum atomic E-state index is -0.684. The van der Waals surface area contributed by atoms with Gasteiger partial charge in [0.25, 0.3) is 0 Å². The fourth-order valence-corrected chi connectivity index (χ4v) is 2.07. The Morgan fingerprint density at radius 3 is 2.95 bits per heavy atom. The van der Waals surface area contributed by atoms with Gasteiger partial charge in [-0.3, -0.25) is 4.40 Å². The highest BCUT2D eigenvalue weighted by Crippen LogP contribution is 2.25. The van der Waals surface area contributed by atoms with Crippen molar-refractivity contribution in [1.82, 2.24) is 19.4 Å². The highest BCUT2D eigenvalue weighted by atomic mass is 35.5. The molecule has 2 N–H and O–H groups in total. The van der Waals surface area contributed by atoms with Crippen LogP contribution in [0.25, 0.3) is 17.2 Å². The van der Waals surface area contributed by atoms with Crippen molar-refractivity contribution < 1.29 is 9.53 Å². The van der Waals surface area contributed by atoms with Crippen LogP contribution in [0.2, 0.25) is 5.02 Å². The number of methoxy groups -OCH3 is 1. The maximum absolute atomic E-state index is 11.7. The smallest absolute Gasteiger partial charge is 0.358 e. The van der Waals surface area contributed by atoms with Crippen LogP contribution in [0.15, 0.2) is 30.6 Å². The first-order chi connectivity index (χ1) is 10.1. The molecule has 0 saturated heterocycles. The van der Waals surface area contributed by atoms with Crippen molar-refractivity contribution in [2.45, 2.75) is 0 Å². The maximum Gasteiger partial charge on any atom is 0.358 e. The Balaban J connectivity index is 2.23. The first-order valence-corrected chi connectivity index (χ1v) is 6.33. The summed E-state index contributed by atoms with van der Waals surface area (Å²) in [5.74, 6) is -0.0337. The Kier molecular flexibility index (Phi) is 3.19. The average molecular weight is 304 g/mol. The van der Waals surface area contributed by atoms with Crippen LogP contribution >= 0.6 is 11.6 Å². The number of nitrogen functional groups attached to an aromatic ring is 1. The summed E-state index contributed by atoms with van der Waals surface area (Å²) in [6.07, 6.45) is 3.48. The monoisotopic (exact) mass is 303 g/mol. The summed E-state index contributed by atoms with van der Waals surface area (Å²) in [5, 5.41) is -0.0357. The van der Waals surface area contributed by atoms with Crippen molar-refractivity contribution in [2.75, 3.05) is 12.8 Å². The van der Waals surface area contributed by atoms with E-state index in [2.05, 4.69) is 19.7 Å². The lowest BCUT2D eigenvalue weighted by atomic mass is 10.3. The molecule has 0 unspecified atom stereocenters. The van der Waals surface area contributed by atoms with Crippen LogP contribution in [0.4, 0.5) is 5.82 Å². The first-order valence-electron chi connectivity index (χ1n) is 5.95. The number of imidazole rings is 1. The zero-order valence-electron chi connectivity index (χ0n) is 10.9. The quantitative estimate of drug-likeness (QED) is 0.725. The van der Waals surface area contributed by atoms with Crippen LogP contribution < -0.4 is 5.73 Å². The molecule has 3 aromatic rings. The topological polar surface area (TPSA) is 95.4 Å². The number of nitrogens with two attached hydrogens (primary N) is 1. The molecule has 0 aliphatic heterocycles. The van der Waals surface area contributed by atoms with Crippen molar-refractivity contribution >= 4 is 28.9 Å². The Hall–Kier alpha value is -2.67. The zero-order chi connectivity index (χ0) is 15.0. The number of anilines is 1. The fourth-order valence-electron chi connectivity index (χ4n) is 1.91. The molecular weight excluding hydrogens is 294 g/mol. The molecular formula is C13H10ClN5O2. The number of hydrogen-bond donors (Lipinski definition) is 1. The lowest BCUT2D eigenvalue weighted by molar-refractivity contribution is 0.0594. The summed E-state index contributed by atoms with van der Waals surface area (Å²) in [4.78, 5) is 24.1. The number of carbonyl (C=O) groups excluding carboxylic acids is 1. The second kappa shape index (κ2) is 5.02. The number of halogens is 1. The molecule has 0 saturated carbocycles. The van der Waals surface area contributed by atoms with Gasteiger partial charge in [-0.05, 0) is 12.1 Å². The minimum Gasteiger partial charge on any atom is -0.464 e. The second-order valence-electron chi connectivity index (χ2n) is 4.16. The van der Waals surface area contributed by atoms with Crippen LogP contribution in [0.1, 0.15) is 10.5 Å². The summed E-state index contributed by atoms with van der Waals surface area (Å²) in [6, 6.07) is 5.62. The molecule has 8 heteroatoms. The molecule has 3 heterocycles. The lowest BCUT2D eigenvalue weighted by Gasteiger charge is -2.06. The molecule has 3 aromatic heterocycles. The van der Waals surface area contributed by atoms with E-state index in [-0.39, 0.29) is 22.4 Å². The molecule has 3 rings (SSSR count). The van der Waals surface area contributed by atoms with E-state index >= 15 is 0 Å². The Morgan fingerprint density at radius 1 is 1.38 bits per heavy atom. The van der Waals surface area contributed by atoms with Crippen molar-refractivity contribution in [1.29, 1.82) is 0 Å². The van der Waals surface area contributed by atoms with Gasteiger partial charge in [0.2, 0.25) is 0 Å². The van der Waals surface area contributed by atoms with Crippen molar-refractivity contribution in [3.8, 4) is 11.6 Å².